The van der Waals surface area contributed by atoms with Crippen LogP contribution in [0.3, 0.4) is 0 Å². The first-order valence-corrected chi connectivity index (χ1v) is 9.56. The van der Waals surface area contributed by atoms with Gasteiger partial charge in [0.25, 0.3) is 0 Å². The highest BCUT2D eigenvalue weighted by atomic mass is 35.5. The molecule has 3 aromatic heterocycles. The van der Waals surface area contributed by atoms with Crippen LogP contribution < -0.4 is 0 Å². The molecule has 0 bridgehead atoms. The van der Waals surface area contributed by atoms with E-state index in [1.165, 1.54) is 30.4 Å². The van der Waals surface area contributed by atoms with Gasteiger partial charge < -0.3 is 0 Å². The Kier molecular flexibility index (Phi) is 4.72. The van der Waals surface area contributed by atoms with Crippen molar-refractivity contribution in [1.29, 1.82) is 0 Å². The summed E-state index contributed by atoms with van der Waals surface area (Å²) in [6.45, 7) is 0. The van der Waals surface area contributed by atoms with Gasteiger partial charge in [-0.05, 0) is 36.1 Å². The minimum Gasteiger partial charge on any atom is -0.259 e. The molecule has 0 saturated carbocycles. The first kappa shape index (κ1) is 18.7. The third-order valence-electron chi connectivity index (χ3n) is 4.08. The van der Waals surface area contributed by atoms with E-state index in [0.29, 0.717) is 33.2 Å². The first-order chi connectivity index (χ1) is 13.4. The van der Waals surface area contributed by atoms with Crippen molar-refractivity contribution in [3.8, 4) is 22.4 Å². The Balaban J connectivity index is 2.07. The Morgan fingerprint density at radius 2 is 1.93 bits per heavy atom. The van der Waals surface area contributed by atoms with Crippen LogP contribution in [0.4, 0.5) is 13.2 Å². The molecule has 28 heavy (non-hydrogen) atoms. The maximum atomic E-state index is 13.3. The monoisotopic (exact) mass is 421 g/mol. The van der Waals surface area contributed by atoms with Crippen molar-refractivity contribution < 1.29 is 13.2 Å². The van der Waals surface area contributed by atoms with Gasteiger partial charge in [0.05, 0.1) is 16.8 Å². The van der Waals surface area contributed by atoms with E-state index in [9.17, 15) is 13.2 Å². The molecule has 3 heterocycles. The minimum absolute atomic E-state index is 0.251. The van der Waals surface area contributed by atoms with Crippen LogP contribution in [0.25, 0.3) is 28.0 Å². The zero-order valence-electron chi connectivity index (χ0n) is 14.3. The molecule has 0 spiro atoms. The third kappa shape index (κ3) is 3.31. The summed E-state index contributed by atoms with van der Waals surface area (Å²) < 4.78 is 41.4. The number of thioether (sulfide) groups is 1. The molecule has 4 aromatic rings. The lowest BCUT2D eigenvalue weighted by atomic mass is 9.99. The zero-order valence-corrected chi connectivity index (χ0v) is 15.8. The highest BCUT2D eigenvalue weighted by Crippen LogP contribution is 2.38. The molecular formula is C18H11ClF3N5S. The number of nitrogens with zero attached hydrogens (tertiary/aromatic N) is 5. The van der Waals surface area contributed by atoms with E-state index in [-0.39, 0.29) is 5.15 Å². The Morgan fingerprint density at radius 1 is 1.11 bits per heavy atom. The average Bonchev–Trinajstić information content (AvgIpc) is 3.16. The summed E-state index contributed by atoms with van der Waals surface area (Å²) in [6.07, 6.45) is 0.373. The van der Waals surface area contributed by atoms with Crippen molar-refractivity contribution in [2.75, 3.05) is 6.26 Å². The van der Waals surface area contributed by atoms with Gasteiger partial charge in [-0.1, -0.05) is 35.5 Å². The van der Waals surface area contributed by atoms with Gasteiger partial charge in [0.2, 0.25) is 0 Å². The largest absolute Gasteiger partial charge is 0.416 e. The van der Waals surface area contributed by atoms with Crippen LogP contribution in [0, 0.1) is 0 Å². The molecule has 0 aliphatic rings. The number of fused-ring (bicyclic) bond motifs is 1. The predicted octanol–water partition coefficient (Wildman–Crippen LogP) is 5.25. The standard InChI is InChI=1S/C18H11ClF3N5S/c1-28-17-25-15(11-5-6-23-13(19)8-11)14(16-26-24-9-27(16)17)10-3-2-4-12(7-10)18(20,21)22/h2-9H,1H3. The molecule has 0 aliphatic carbocycles. The van der Waals surface area contributed by atoms with Crippen molar-refractivity contribution >= 4 is 29.0 Å². The minimum atomic E-state index is -4.47. The summed E-state index contributed by atoms with van der Waals surface area (Å²) in [5.41, 5.74) is 1.48. The van der Waals surface area contributed by atoms with Gasteiger partial charge >= 0.3 is 6.18 Å². The Hall–Kier alpha value is -2.65. The maximum Gasteiger partial charge on any atom is 0.416 e. The van der Waals surface area contributed by atoms with E-state index in [0.717, 1.165) is 12.1 Å². The van der Waals surface area contributed by atoms with Crippen molar-refractivity contribution in [2.24, 2.45) is 0 Å². The molecule has 0 radical (unpaired) electrons. The fraction of sp³-hybridized carbons (Fsp3) is 0.111. The predicted molar refractivity (Wildman–Crippen MR) is 101 cm³/mol. The van der Waals surface area contributed by atoms with Crippen molar-refractivity contribution in [2.45, 2.75) is 11.3 Å². The van der Waals surface area contributed by atoms with Crippen LogP contribution >= 0.6 is 23.4 Å². The van der Waals surface area contributed by atoms with Gasteiger partial charge in [-0.2, -0.15) is 13.2 Å². The summed E-state index contributed by atoms with van der Waals surface area (Å²) in [6, 6.07) is 8.36. The lowest BCUT2D eigenvalue weighted by Gasteiger charge is -2.14. The van der Waals surface area contributed by atoms with Gasteiger partial charge in [0.15, 0.2) is 10.8 Å². The third-order valence-corrected chi connectivity index (χ3v) is 4.94. The number of hydrogen-bond donors (Lipinski definition) is 0. The zero-order chi connectivity index (χ0) is 19.9. The fourth-order valence-electron chi connectivity index (χ4n) is 2.88. The lowest BCUT2D eigenvalue weighted by Crippen LogP contribution is -2.05. The molecule has 0 fully saturated rings. The lowest BCUT2D eigenvalue weighted by molar-refractivity contribution is -0.137. The number of alkyl halides is 3. The fourth-order valence-corrected chi connectivity index (χ4v) is 3.56. The van der Waals surface area contributed by atoms with Crippen LogP contribution in [0.1, 0.15) is 5.56 Å². The molecular weight excluding hydrogens is 411 g/mol. The maximum absolute atomic E-state index is 13.3. The van der Waals surface area contributed by atoms with Crippen molar-refractivity contribution in [3.05, 3.63) is 59.6 Å². The first-order valence-electron chi connectivity index (χ1n) is 7.96. The Morgan fingerprint density at radius 3 is 2.64 bits per heavy atom. The average molecular weight is 422 g/mol. The molecule has 0 unspecified atom stereocenters. The van der Waals surface area contributed by atoms with Crippen molar-refractivity contribution in [3.63, 3.8) is 0 Å². The number of hydrogen-bond acceptors (Lipinski definition) is 5. The summed E-state index contributed by atoms with van der Waals surface area (Å²) in [7, 11) is 0. The number of rotatable bonds is 3. The quantitative estimate of drug-likeness (QED) is 0.257. The topological polar surface area (TPSA) is 56.0 Å². The Bertz CT molecular complexity index is 1180. The van der Waals surface area contributed by atoms with Gasteiger partial charge in [0, 0.05) is 11.8 Å². The normalized spacial score (nSPS) is 11.9. The second kappa shape index (κ2) is 7.06. The van der Waals surface area contributed by atoms with E-state index < -0.39 is 11.7 Å². The van der Waals surface area contributed by atoms with Crippen LogP contribution in [0.15, 0.2) is 54.1 Å². The summed E-state index contributed by atoms with van der Waals surface area (Å²) >= 11 is 7.39. The number of halogens is 4. The van der Waals surface area contributed by atoms with Crippen LogP contribution in [-0.4, -0.2) is 30.8 Å². The summed E-state index contributed by atoms with van der Waals surface area (Å²) in [4.78, 5) is 8.61. The molecule has 142 valence electrons. The van der Waals surface area contributed by atoms with Gasteiger partial charge in [-0.15, -0.1) is 10.2 Å². The molecule has 1 aromatic carbocycles. The van der Waals surface area contributed by atoms with E-state index in [4.69, 9.17) is 11.6 Å². The van der Waals surface area contributed by atoms with Gasteiger partial charge in [-0.3, -0.25) is 4.40 Å². The number of pyridine rings is 1. The Labute approximate surface area is 166 Å². The highest BCUT2D eigenvalue weighted by Gasteiger charge is 2.31. The van der Waals surface area contributed by atoms with Crippen LogP contribution in [0.5, 0.6) is 0 Å². The van der Waals surface area contributed by atoms with E-state index >= 15 is 0 Å². The van der Waals surface area contributed by atoms with Gasteiger partial charge in [-0.25, -0.2) is 9.97 Å². The molecule has 5 nitrogen and oxygen atoms in total. The van der Waals surface area contributed by atoms with E-state index in [1.54, 1.807) is 22.6 Å². The highest BCUT2D eigenvalue weighted by molar-refractivity contribution is 7.98. The molecule has 0 saturated heterocycles. The molecule has 10 heteroatoms. The second-order valence-electron chi connectivity index (χ2n) is 5.79. The SMILES string of the molecule is CSc1nc(-c2ccnc(Cl)c2)c(-c2cccc(C(F)(F)F)c2)c2nncn12. The second-order valence-corrected chi connectivity index (χ2v) is 6.95. The van der Waals surface area contributed by atoms with E-state index in [2.05, 4.69) is 20.2 Å². The van der Waals surface area contributed by atoms with Gasteiger partial charge in [0.1, 0.15) is 11.5 Å². The van der Waals surface area contributed by atoms with E-state index in [1.807, 2.05) is 6.26 Å². The molecule has 0 aliphatic heterocycles. The van der Waals surface area contributed by atoms with Crippen LogP contribution in [-0.2, 0) is 6.18 Å². The smallest absolute Gasteiger partial charge is 0.259 e. The molecule has 0 atom stereocenters. The van der Waals surface area contributed by atoms with Crippen LogP contribution in [0.2, 0.25) is 5.15 Å². The molecule has 0 amide bonds. The number of benzene rings is 1. The summed E-state index contributed by atoms with van der Waals surface area (Å²) in [5, 5.41) is 8.90. The molecule has 4 rings (SSSR count). The molecule has 0 N–H and O–H groups in total. The summed E-state index contributed by atoms with van der Waals surface area (Å²) in [5.74, 6) is 0. The van der Waals surface area contributed by atoms with Crippen molar-refractivity contribution in [1.82, 2.24) is 24.6 Å². The number of aromatic nitrogens is 5.